The molecule has 0 radical (unpaired) electrons. The predicted octanol–water partition coefficient (Wildman–Crippen LogP) is 2.44. The fraction of sp³-hybridized carbons (Fsp3) is 0.238. The van der Waals surface area contributed by atoms with Gasteiger partial charge in [-0.05, 0) is 48.6 Å². The molecule has 1 atom stereocenters. The number of amides is 1. The van der Waals surface area contributed by atoms with E-state index in [1.165, 1.54) is 6.20 Å². The van der Waals surface area contributed by atoms with Gasteiger partial charge in [-0.15, -0.1) is 0 Å². The molecule has 6 nitrogen and oxygen atoms in total. The number of fused-ring (bicyclic) bond motifs is 1. The van der Waals surface area contributed by atoms with Gasteiger partial charge in [-0.1, -0.05) is 18.2 Å². The number of aliphatic hydroxyl groups excluding tert-OH is 1. The highest BCUT2D eigenvalue weighted by atomic mass is 16.3. The molecule has 0 saturated heterocycles. The van der Waals surface area contributed by atoms with E-state index in [1.54, 1.807) is 24.5 Å². The van der Waals surface area contributed by atoms with Crippen LogP contribution in [0.15, 0.2) is 61.1 Å². The average molecular weight is 361 g/mol. The molecule has 2 aromatic heterocycles. The SMILES string of the molecule is O=C(N[C@H](c1cnc2ccccc2c1)C1CC(O)C1)C(=O)c1cccnc1. The van der Waals surface area contributed by atoms with Gasteiger partial charge >= 0.3 is 0 Å². The highest BCUT2D eigenvalue weighted by molar-refractivity contribution is 6.42. The van der Waals surface area contributed by atoms with E-state index in [9.17, 15) is 14.7 Å². The lowest BCUT2D eigenvalue weighted by Gasteiger charge is -2.38. The van der Waals surface area contributed by atoms with E-state index in [4.69, 9.17) is 0 Å². The molecule has 0 aliphatic heterocycles. The molecular weight excluding hydrogens is 342 g/mol. The number of hydrogen-bond acceptors (Lipinski definition) is 5. The number of aliphatic hydroxyl groups is 1. The summed E-state index contributed by atoms with van der Waals surface area (Å²) < 4.78 is 0. The molecule has 1 aliphatic carbocycles. The van der Waals surface area contributed by atoms with Crippen molar-refractivity contribution >= 4 is 22.6 Å². The van der Waals surface area contributed by atoms with Crippen molar-refractivity contribution in [2.45, 2.75) is 25.0 Å². The first-order valence-corrected chi connectivity index (χ1v) is 8.90. The molecule has 3 aromatic rings. The van der Waals surface area contributed by atoms with Crippen LogP contribution in [0.25, 0.3) is 10.9 Å². The maximum Gasteiger partial charge on any atom is 0.292 e. The van der Waals surface area contributed by atoms with Crippen molar-refractivity contribution in [2.75, 3.05) is 0 Å². The highest BCUT2D eigenvalue weighted by Crippen LogP contribution is 2.38. The maximum atomic E-state index is 12.5. The summed E-state index contributed by atoms with van der Waals surface area (Å²) in [5.74, 6) is -1.24. The summed E-state index contributed by atoms with van der Waals surface area (Å²) in [5.41, 5.74) is 1.95. The van der Waals surface area contributed by atoms with Crippen molar-refractivity contribution in [1.29, 1.82) is 0 Å². The van der Waals surface area contributed by atoms with Crippen molar-refractivity contribution in [3.05, 3.63) is 72.2 Å². The third-order valence-corrected chi connectivity index (χ3v) is 5.01. The lowest BCUT2D eigenvalue weighted by atomic mass is 9.75. The summed E-state index contributed by atoms with van der Waals surface area (Å²) in [6.45, 7) is 0. The Balaban J connectivity index is 1.61. The van der Waals surface area contributed by atoms with Crippen molar-refractivity contribution in [2.24, 2.45) is 5.92 Å². The molecule has 136 valence electrons. The Hall–Kier alpha value is -3.12. The largest absolute Gasteiger partial charge is 0.393 e. The zero-order chi connectivity index (χ0) is 18.8. The van der Waals surface area contributed by atoms with Crippen molar-refractivity contribution in [3.8, 4) is 0 Å². The maximum absolute atomic E-state index is 12.5. The molecule has 0 bridgehead atoms. The van der Waals surface area contributed by atoms with Crippen LogP contribution >= 0.6 is 0 Å². The Labute approximate surface area is 156 Å². The van der Waals surface area contributed by atoms with Crippen LogP contribution in [0.4, 0.5) is 0 Å². The van der Waals surface area contributed by atoms with Gasteiger partial charge in [-0.25, -0.2) is 0 Å². The minimum atomic E-state index is -0.678. The number of nitrogens with zero attached hydrogens (tertiary/aromatic N) is 2. The summed E-state index contributed by atoms with van der Waals surface area (Å²) in [6.07, 6.45) is 5.46. The number of aromatic nitrogens is 2. The van der Waals surface area contributed by atoms with Crippen LogP contribution < -0.4 is 5.32 Å². The Morgan fingerprint density at radius 1 is 1.11 bits per heavy atom. The summed E-state index contributed by atoms with van der Waals surface area (Å²) >= 11 is 0. The Morgan fingerprint density at radius 2 is 1.93 bits per heavy atom. The molecule has 1 saturated carbocycles. The monoisotopic (exact) mass is 361 g/mol. The van der Waals surface area contributed by atoms with Gasteiger partial charge in [0.05, 0.1) is 17.7 Å². The molecule has 1 aliphatic rings. The third kappa shape index (κ3) is 3.57. The standard InChI is InChI=1S/C21H19N3O3/c25-17-9-15(10-17)19(16-8-13-4-1-2-6-18(13)23-12-16)24-21(27)20(26)14-5-3-7-22-11-14/h1-8,11-12,15,17,19,25H,9-10H2,(H,24,27)/t15?,17?,19-/m0/s1. The van der Waals surface area contributed by atoms with Gasteiger partial charge in [0.1, 0.15) is 0 Å². The molecule has 0 unspecified atom stereocenters. The molecule has 1 amide bonds. The number of rotatable bonds is 5. The van der Waals surface area contributed by atoms with Gasteiger partial charge in [0.25, 0.3) is 11.7 Å². The van der Waals surface area contributed by atoms with E-state index >= 15 is 0 Å². The Bertz CT molecular complexity index is 984. The minimum absolute atomic E-state index is 0.0635. The van der Waals surface area contributed by atoms with Crippen LogP contribution in [0.5, 0.6) is 0 Å². The number of benzene rings is 1. The predicted molar refractivity (Wildman–Crippen MR) is 99.9 cm³/mol. The lowest BCUT2D eigenvalue weighted by Crippen LogP contribution is -2.43. The molecule has 1 aromatic carbocycles. The number of carbonyl (C=O) groups excluding carboxylic acids is 2. The average Bonchev–Trinajstić information content (AvgIpc) is 2.69. The molecule has 6 heteroatoms. The van der Waals surface area contributed by atoms with Gasteiger partial charge in [0, 0.05) is 29.5 Å². The third-order valence-electron chi connectivity index (χ3n) is 5.01. The number of Topliss-reactive ketones (excluding diaryl/α,β-unsaturated/α-hetero) is 1. The summed E-state index contributed by atoms with van der Waals surface area (Å²) in [6, 6.07) is 12.5. The summed E-state index contributed by atoms with van der Waals surface area (Å²) in [4.78, 5) is 33.3. The second-order valence-corrected chi connectivity index (χ2v) is 6.87. The van der Waals surface area contributed by atoms with Crippen molar-refractivity contribution in [1.82, 2.24) is 15.3 Å². The van der Waals surface area contributed by atoms with E-state index in [-0.39, 0.29) is 23.6 Å². The lowest BCUT2D eigenvalue weighted by molar-refractivity contribution is -0.118. The number of ketones is 1. The zero-order valence-corrected chi connectivity index (χ0v) is 14.6. The Morgan fingerprint density at radius 3 is 2.67 bits per heavy atom. The molecular formula is C21H19N3O3. The van der Waals surface area contributed by atoms with Crippen LogP contribution in [0.3, 0.4) is 0 Å². The van der Waals surface area contributed by atoms with Gasteiger partial charge in [-0.2, -0.15) is 0 Å². The van der Waals surface area contributed by atoms with Gasteiger partial charge in [0.2, 0.25) is 0 Å². The van der Waals surface area contributed by atoms with Crippen molar-refractivity contribution < 1.29 is 14.7 Å². The highest BCUT2D eigenvalue weighted by Gasteiger charge is 2.36. The van der Waals surface area contributed by atoms with E-state index in [0.29, 0.717) is 12.8 Å². The molecule has 1 fully saturated rings. The molecule has 2 heterocycles. The fourth-order valence-electron chi connectivity index (χ4n) is 3.47. The van der Waals surface area contributed by atoms with Crippen LogP contribution in [0, 0.1) is 5.92 Å². The minimum Gasteiger partial charge on any atom is -0.393 e. The zero-order valence-electron chi connectivity index (χ0n) is 14.6. The number of para-hydroxylation sites is 1. The second kappa shape index (κ2) is 7.25. The molecule has 0 spiro atoms. The van der Waals surface area contributed by atoms with E-state index in [2.05, 4.69) is 15.3 Å². The van der Waals surface area contributed by atoms with Gasteiger partial charge < -0.3 is 10.4 Å². The first kappa shape index (κ1) is 17.3. The normalized spacial score (nSPS) is 19.9. The first-order chi connectivity index (χ1) is 13.1. The van der Waals surface area contributed by atoms with E-state index in [1.807, 2.05) is 30.3 Å². The molecule has 4 rings (SSSR count). The quantitative estimate of drug-likeness (QED) is 0.538. The molecule has 2 N–H and O–H groups in total. The topological polar surface area (TPSA) is 92.2 Å². The number of nitrogens with one attached hydrogen (secondary N) is 1. The smallest absolute Gasteiger partial charge is 0.292 e. The fourth-order valence-corrected chi connectivity index (χ4v) is 3.47. The van der Waals surface area contributed by atoms with Gasteiger partial charge in [0.15, 0.2) is 0 Å². The van der Waals surface area contributed by atoms with Crippen LogP contribution in [0.2, 0.25) is 0 Å². The molecule has 27 heavy (non-hydrogen) atoms. The number of carbonyl (C=O) groups is 2. The van der Waals surface area contributed by atoms with Crippen molar-refractivity contribution in [3.63, 3.8) is 0 Å². The second-order valence-electron chi connectivity index (χ2n) is 6.87. The van der Waals surface area contributed by atoms with Crippen LogP contribution in [-0.2, 0) is 4.79 Å². The van der Waals surface area contributed by atoms with E-state index < -0.39 is 11.7 Å². The first-order valence-electron chi connectivity index (χ1n) is 8.90. The van der Waals surface area contributed by atoms with Crippen LogP contribution in [-0.4, -0.2) is 32.9 Å². The number of pyridine rings is 2. The van der Waals surface area contributed by atoms with Gasteiger partial charge in [-0.3, -0.25) is 19.6 Å². The van der Waals surface area contributed by atoms with Crippen LogP contribution in [0.1, 0.15) is 34.8 Å². The number of hydrogen-bond donors (Lipinski definition) is 2. The Kier molecular flexibility index (Phi) is 4.64. The summed E-state index contributed by atoms with van der Waals surface area (Å²) in [5, 5.41) is 13.5. The van der Waals surface area contributed by atoms with E-state index in [0.717, 1.165) is 16.5 Å². The summed E-state index contributed by atoms with van der Waals surface area (Å²) in [7, 11) is 0.